The number of likely N-dealkylation sites (tertiary alicyclic amines) is 1. The highest BCUT2D eigenvalue weighted by atomic mass is 19.1. The van der Waals surface area contributed by atoms with Crippen molar-refractivity contribution < 1.29 is 13.9 Å². The summed E-state index contributed by atoms with van der Waals surface area (Å²) in [4.78, 5) is 13.0. The summed E-state index contributed by atoms with van der Waals surface area (Å²) >= 11 is 0. The van der Waals surface area contributed by atoms with Gasteiger partial charge in [-0.3, -0.25) is 0 Å². The van der Waals surface area contributed by atoms with Crippen LogP contribution in [-0.2, 0) is 9.53 Å². The molecule has 0 saturated carbocycles. The maximum absolute atomic E-state index is 13.6. The molecule has 0 aromatic carbocycles. The number of carbonyl (C=O) groups excluding carboxylic acids is 1. The topological polar surface area (TPSA) is 29.5 Å². The number of carbonyl (C=O) groups is 1. The summed E-state index contributed by atoms with van der Waals surface area (Å²) in [7, 11) is 3.14. The van der Waals surface area contributed by atoms with Gasteiger partial charge in [0.05, 0.1) is 7.11 Å². The van der Waals surface area contributed by atoms with Crippen LogP contribution in [0.1, 0.15) is 12.8 Å². The zero-order valence-electron chi connectivity index (χ0n) is 7.47. The van der Waals surface area contributed by atoms with Crippen molar-refractivity contribution in [2.45, 2.75) is 18.5 Å². The van der Waals surface area contributed by atoms with Gasteiger partial charge in [-0.05, 0) is 7.05 Å². The van der Waals surface area contributed by atoms with E-state index in [2.05, 4.69) is 4.74 Å². The molecule has 12 heavy (non-hydrogen) atoms. The summed E-state index contributed by atoms with van der Waals surface area (Å²) < 4.78 is 18.0. The molecule has 0 aromatic heterocycles. The third kappa shape index (κ3) is 1.75. The van der Waals surface area contributed by atoms with E-state index in [0.717, 1.165) is 0 Å². The van der Waals surface area contributed by atoms with Crippen LogP contribution in [-0.4, -0.2) is 43.8 Å². The van der Waals surface area contributed by atoms with Crippen molar-refractivity contribution in [3.63, 3.8) is 0 Å². The molecule has 0 bridgehead atoms. The van der Waals surface area contributed by atoms with Crippen LogP contribution in [0.2, 0.25) is 0 Å². The van der Waals surface area contributed by atoms with E-state index in [4.69, 9.17) is 0 Å². The first-order valence-corrected chi connectivity index (χ1v) is 4.04. The molecule has 1 heterocycles. The Hall–Kier alpha value is -0.640. The molecule has 1 saturated heterocycles. The van der Waals surface area contributed by atoms with Gasteiger partial charge in [-0.2, -0.15) is 0 Å². The van der Waals surface area contributed by atoms with Crippen molar-refractivity contribution in [3.8, 4) is 0 Å². The minimum atomic E-state index is -1.73. The number of methoxy groups -OCH3 is 1. The van der Waals surface area contributed by atoms with Crippen molar-refractivity contribution in [3.05, 3.63) is 0 Å². The number of nitrogens with zero attached hydrogens (tertiary/aromatic N) is 1. The molecule has 0 unspecified atom stereocenters. The SMILES string of the molecule is COC(=O)C1(F)CCN(C)CC1. The van der Waals surface area contributed by atoms with Crippen LogP contribution in [0, 0.1) is 0 Å². The summed E-state index contributed by atoms with van der Waals surface area (Å²) in [5.74, 6) is -0.726. The Balaban J connectivity index is 2.55. The van der Waals surface area contributed by atoms with Crippen LogP contribution < -0.4 is 0 Å². The van der Waals surface area contributed by atoms with E-state index in [9.17, 15) is 9.18 Å². The smallest absolute Gasteiger partial charge is 0.343 e. The maximum Gasteiger partial charge on any atom is 0.343 e. The van der Waals surface area contributed by atoms with E-state index >= 15 is 0 Å². The summed E-state index contributed by atoms with van der Waals surface area (Å²) in [6, 6.07) is 0. The van der Waals surface area contributed by atoms with Gasteiger partial charge in [-0.25, -0.2) is 9.18 Å². The monoisotopic (exact) mass is 175 g/mol. The van der Waals surface area contributed by atoms with E-state index in [0.29, 0.717) is 13.1 Å². The zero-order valence-corrected chi connectivity index (χ0v) is 7.47. The molecule has 4 heteroatoms. The van der Waals surface area contributed by atoms with E-state index in [1.807, 2.05) is 11.9 Å². The lowest BCUT2D eigenvalue weighted by Gasteiger charge is -2.31. The minimum absolute atomic E-state index is 0.246. The Morgan fingerprint density at radius 2 is 2.00 bits per heavy atom. The van der Waals surface area contributed by atoms with Crippen molar-refractivity contribution in [1.29, 1.82) is 0 Å². The number of hydrogen-bond donors (Lipinski definition) is 0. The van der Waals surface area contributed by atoms with Gasteiger partial charge >= 0.3 is 5.97 Å². The molecular formula is C8H14FNO2. The fourth-order valence-electron chi connectivity index (χ4n) is 1.36. The molecule has 1 rings (SSSR count). The Labute approximate surface area is 71.5 Å². The predicted molar refractivity (Wildman–Crippen MR) is 42.6 cm³/mol. The number of rotatable bonds is 1. The number of piperidine rings is 1. The molecule has 1 aliphatic heterocycles. The number of halogens is 1. The highest BCUT2D eigenvalue weighted by Crippen LogP contribution is 2.26. The summed E-state index contributed by atoms with van der Waals surface area (Å²) in [6.07, 6.45) is 0.492. The Morgan fingerprint density at radius 3 is 2.42 bits per heavy atom. The first kappa shape index (κ1) is 9.45. The lowest BCUT2D eigenvalue weighted by Crippen LogP contribution is -2.45. The number of hydrogen-bond acceptors (Lipinski definition) is 3. The first-order valence-electron chi connectivity index (χ1n) is 4.04. The number of ether oxygens (including phenoxy) is 1. The lowest BCUT2D eigenvalue weighted by molar-refractivity contribution is -0.157. The molecule has 0 radical (unpaired) electrons. The van der Waals surface area contributed by atoms with Crippen LogP contribution >= 0.6 is 0 Å². The molecule has 0 amide bonds. The van der Waals surface area contributed by atoms with Crippen LogP contribution in [0.5, 0.6) is 0 Å². The van der Waals surface area contributed by atoms with Gasteiger partial charge in [0.25, 0.3) is 0 Å². The normalized spacial score (nSPS) is 23.6. The van der Waals surface area contributed by atoms with Crippen molar-refractivity contribution in [2.24, 2.45) is 0 Å². The minimum Gasteiger partial charge on any atom is -0.467 e. The fraction of sp³-hybridized carbons (Fsp3) is 0.875. The van der Waals surface area contributed by atoms with Crippen molar-refractivity contribution in [2.75, 3.05) is 27.2 Å². The third-order valence-electron chi connectivity index (χ3n) is 2.33. The summed E-state index contributed by atoms with van der Waals surface area (Å²) in [6.45, 7) is 1.23. The maximum atomic E-state index is 13.6. The molecular weight excluding hydrogens is 161 g/mol. The van der Waals surface area contributed by atoms with Crippen LogP contribution in [0.15, 0.2) is 0 Å². The number of alkyl halides is 1. The van der Waals surface area contributed by atoms with Crippen LogP contribution in [0.3, 0.4) is 0 Å². The highest BCUT2D eigenvalue weighted by Gasteiger charge is 2.41. The molecule has 0 N–H and O–H groups in total. The van der Waals surface area contributed by atoms with E-state index < -0.39 is 11.6 Å². The van der Waals surface area contributed by atoms with Crippen molar-refractivity contribution >= 4 is 5.97 Å². The van der Waals surface area contributed by atoms with Gasteiger partial charge in [-0.15, -0.1) is 0 Å². The van der Waals surface area contributed by atoms with E-state index in [1.54, 1.807) is 0 Å². The quantitative estimate of drug-likeness (QED) is 0.546. The van der Waals surface area contributed by atoms with Gasteiger partial charge in [0, 0.05) is 25.9 Å². The summed E-state index contributed by atoms with van der Waals surface area (Å²) in [5, 5.41) is 0. The first-order chi connectivity index (χ1) is 5.58. The second kappa shape index (κ2) is 3.39. The standard InChI is InChI=1S/C8H14FNO2/c1-10-5-3-8(9,4-6-10)7(11)12-2/h3-6H2,1-2H3. The van der Waals surface area contributed by atoms with Crippen molar-refractivity contribution in [1.82, 2.24) is 4.90 Å². The third-order valence-corrected chi connectivity index (χ3v) is 2.33. The van der Waals surface area contributed by atoms with Gasteiger partial charge in [0.15, 0.2) is 0 Å². The van der Waals surface area contributed by atoms with Gasteiger partial charge in [0.1, 0.15) is 0 Å². The summed E-state index contributed by atoms with van der Waals surface area (Å²) in [5.41, 5.74) is -1.73. The largest absolute Gasteiger partial charge is 0.467 e. The molecule has 3 nitrogen and oxygen atoms in total. The molecule has 0 aromatic rings. The second-order valence-corrected chi connectivity index (χ2v) is 3.26. The highest BCUT2D eigenvalue weighted by molar-refractivity contribution is 5.79. The Kier molecular flexibility index (Phi) is 2.67. The molecule has 1 aliphatic rings. The molecule has 1 fully saturated rings. The zero-order chi connectivity index (χ0) is 9.19. The van der Waals surface area contributed by atoms with E-state index in [-0.39, 0.29) is 12.8 Å². The Morgan fingerprint density at radius 1 is 1.50 bits per heavy atom. The van der Waals surface area contributed by atoms with Gasteiger partial charge in [0.2, 0.25) is 5.67 Å². The van der Waals surface area contributed by atoms with Crippen LogP contribution in [0.4, 0.5) is 4.39 Å². The molecule has 0 atom stereocenters. The lowest BCUT2D eigenvalue weighted by atomic mass is 9.94. The Bertz CT molecular complexity index is 176. The molecule has 0 aliphatic carbocycles. The average molecular weight is 175 g/mol. The molecule has 70 valence electrons. The molecule has 0 spiro atoms. The second-order valence-electron chi connectivity index (χ2n) is 3.26. The average Bonchev–Trinajstić information content (AvgIpc) is 2.09. The van der Waals surface area contributed by atoms with Crippen LogP contribution in [0.25, 0.3) is 0 Å². The fourth-order valence-corrected chi connectivity index (χ4v) is 1.36. The number of esters is 1. The van der Waals surface area contributed by atoms with Gasteiger partial charge < -0.3 is 9.64 Å². The van der Waals surface area contributed by atoms with E-state index in [1.165, 1.54) is 7.11 Å². The predicted octanol–water partition coefficient (Wildman–Crippen LogP) is 0.593. The van der Waals surface area contributed by atoms with Gasteiger partial charge in [-0.1, -0.05) is 0 Å².